The Bertz CT molecular complexity index is 541. The van der Waals surface area contributed by atoms with Crippen molar-refractivity contribution < 1.29 is 4.52 Å². The molecule has 18 heavy (non-hydrogen) atoms. The predicted molar refractivity (Wildman–Crippen MR) is 77.3 cm³/mol. The first-order valence-electron chi connectivity index (χ1n) is 5.99. The molecule has 0 saturated carbocycles. The van der Waals surface area contributed by atoms with Gasteiger partial charge in [0.05, 0.1) is 0 Å². The number of halogens is 1. The van der Waals surface area contributed by atoms with Gasteiger partial charge in [-0.15, -0.1) is 0 Å². The number of hydrogen-bond donors (Lipinski definition) is 1. The van der Waals surface area contributed by atoms with Crippen LogP contribution in [0, 0.1) is 12.8 Å². The maximum Gasteiger partial charge on any atom is 0.172 e. The molecule has 4 heteroatoms. The lowest BCUT2D eigenvalue weighted by Crippen LogP contribution is -1.99. The Morgan fingerprint density at radius 2 is 2.06 bits per heavy atom. The highest BCUT2D eigenvalue weighted by atomic mass is 79.9. The van der Waals surface area contributed by atoms with E-state index < -0.39 is 0 Å². The van der Waals surface area contributed by atoms with Crippen LogP contribution in [0.5, 0.6) is 0 Å². The summed E-state index contributed by atoms with van der Waals surface area (Å²) in [7, 11) is 0. The number of nitrogens with zero attached hydrogens (tertiary/aromatic N) is 1. The monoisotopic (exact) mass is 308 g/mol. The predicted octanol–water partition coefficient (Wildman–Crippen LogP) is 4.19. The molecular weight excluding hydrogens is 292 g/mol. The first-order chi connectivity index (χ1) is 8.47. The van der Waals surface area contributed by atoms with E-state index in [4.69, 9.17) is 10.3 Å². The van der Waals surface area contributed by atoms with Crippen LogP contribution in [0.4, 0.5) is 5.82 Å². The summed E-state index contributed by atoms with van der Waals surface area (Å²) in [6, 6.07) is 6.16. The third kappa shape index (κ3) is 2.75. The Kier molecular flexibility index (Phi) is 3.76. The van der Waals surface area contributed by atoms with Crippen molar-refractivity contribution in [1.82, 2.24) is 5.16 Å². The molecule has 1 aromatic heterocycles. The lowest BCUT2D eigenvalue weighted by atomic mass is 9.99. The largest absolute Gasteiger partial charge is 0.381 e. The van der Waals surface area contributed by atoms with Gasteiger partial charge in [-0.25, -0.2) is 0 Å². The van der Waals surface area contributed by atoms with Crippen molar-refractivity contribution in [2.45, 2.75) is 27.2 Å². The number of hydrogen-bond acceptors (Lipinski definition) is 3. The van der Waals surface area contributed by atoms with Crippen molar-refractivity contribution >= 4 is 21.7 Å². The highest BCUT2D eigenvalue weighted by Gasteiger charge is 2.17. The molecule has 0 amide bonds. The molecule has 3 nitrogen and oxygen atoms in total. The molecule has 0 aliphatic heterocycles. The molecular formula is C14H17BrN2O. The average molecular weight is 309 g/mol. The zero-order valence-corrected chi connectivity index (χ0v) is 12.4. The number of nitrogens with two attached hydrogens (primary N) is 1. The molecule has 2 aromatic rings. The summed E-state index contributed by atoms with van der Waals surface area (Å²) in [5, 5.41) is 3.89. The van der Waals surface area contributed by atoms with Gasteiger partial charge >= 0.3 is 0 Å². The van der Waals surface area contributed by atoms with Crippen LogP contribution in [0.15, 0.2) is 27.2 Å². The summed E-state index contributed by atoms with van der Waals surface area (Å²) >= 11 is 3.50. The Morgan fingerprint density at radius 1 is 1.33 bits per heavy atom. The maximum atomic E-state index is 5.89. The molecule has 0 spiro atoms. The van der Waals surface area contributed by atoms with Gasteiger partial charge in [-0.1, -0.05) is 34.9 Å². The van der Waals surface area contributed by atoms with Crippen LogP contribution in [-0.4, -0.2) is 5.16 Å². The molecule has 0 bridgehead atoms. The van der Waals surface area contributed by atoms with Crippen molar-refractivity contribution in [3.63, 3.8) is 0 Å². The summed E-state index contributed by atoms with van der Waals surface area (Å²) in [6.07, 6.45) is 0.871. The topological polar surface area (TPSA) is 52.0 Å². The van der Waals surface area contributed by atoms with E-state index >= 15 is 0 Å². The number of nitrogen functional groups attached to an aromatic ring is 1. The van der Waals surface area contributed by atoms with Gasteiger partial charge in [-0.2, -0.15) is 0 Å². The second-order valence-corrected chi connectivity index (χ2v) is 5.91. The zero-order chi connectivity index (χ0) is 13.3. The summed E-state index contributed by atoms with van der Waals surface area (Å²) in [6.45, 7) is 6.36. The third-order valence-corrected chi connectivity index (χ3v) is 3.19. The van der Waals surface area contributed by atoms with E-state index in [1.807, 2.05) is 6.07 Å². The Balaban J connectivity index is 2.50. The summed E-state index contributed by atoms with van der Waals surface area (Å²) in [5.41, 5.74) is 9.08. The SMILES string of the molecule is Cc1cc(Br)cc(-c2onc(N)c2CC(C)C)c1. The van der Waals surface area contributed by atoms with E-state index in [2.05, 4.69) is 54.0 Å². The highest BCUT2D eigenvalue weighted by Crippen LogP contribution is 2.32. The number of benzene rings is 1. The minimum absolute atomic E-state index is 0.497. The van der Waals surface area contributed by atoms with Crippen LogP contribution in [0.1, 0.15) is 25.0 Å². The number of anilines is 1. The third-order valence-electron chi connectivity index (χ3n) is 2.74. The molecule has 0 fully saturated rings. The molecule has 0 unspecified atom stereocenters. The second kappa shape index (κ2) is 5.14. The summed E-state index contributed by atoms with van der Waals surface area (Å²) in [4.78, 5) is 0. The molecule has 1 aromatic carbocycles. The van der Waals surface area contributed by atoms with Gasteiger partial charge in [0.15, 0.2) is 11.6 Å². The maximum absolute atomic E-state index is 5.89. The molecule has 0 radical (unpaired) electrons. The number of aryl methyl sites for hydroxylation is 1. The van der Waals surface area contributed by atoms with Crippen LogP contribution in [0.25, 0.3) is 11.3 Å². The van der Waals surface area contributed by atoms with Gasteiger partial charge in [0.25, 0.3) is 0 Å². The molecule has 1 heterocycles. The van der Waals surface area contributed by atoms with Crippen LogP contribution < -0.4 is 5.73 Å². The summed E-state index contributed by atoms with van der Waals surface area (Å²) < 4.78 is 6.43. The lowest BCUT2D eigenvalue weighted by molar-refractivity contribution is 0.434. The fourth-order valence-electron chi connectivity index (χ4n) is 2.02. The molecule has 0 aliphatic carbocycles. The van der Waals surface area contributed by atoms with Gasteiger partial charge < -0.3 is 10.3 Å². The molecule has 2 N–H and O–H groups in total. The lowest BCUT2D eigenvalue weighted by Gasteiger charge is -2.06. The standard InChI is InChI=1S/C14H17BrN2O/c1-8(2)4-12-13(18-17-14(12)16)10-5-9(3)6-11(15)7-10/h5-8H,4H2,1-3H3,(H2,16,17). The minimum Gasteiger partial charge on any atom is -0.381 e. The zero-order valence-electron chi connectivity index (χ0n) is 10.8. The van der Waals surface area contributed by atoms with Crippen molar-refractivity contribution in [3.8, 4) is 11.3 Å². The number of rotatable bonds is 3. The van der Waals surface area contributed by atoms with Crippen molar-refractivity contribution in [1.29, 1.82) is 0 Å². The highest BCUT2D eigenvalue weighted by molar-refractivity contribution is 9.10. The van der Waals surface area contributed by atoms with Crippen molar-refractivity contribution in [2.24, 2.45) is 5.92 Å². The molecule has 0 saturated heterocycles. The van der Waals surface area contributed by atoms with Gasteiger partial charge in [-0.05, 0) is 43.0 Å². The van der Waals surface area contributed by atoms with Crippen LogP contribution >= 0.6 is 15.9 Å². The molecule has 2 rings (SSSR count). The van der Waals surface area contributed by atoms with E-state index in [1.165, 1.54) is 5.56 Å². The first-order valence-corrected chi connectivity index (χ1v) is 6.78. The molecule has 0 atom stereocenters. The molecule has 96 valence electrons. The quantitative estimate of drug-likeness (QED) is 0.924. The van der Waals surface area contributed by atoms with Gasteiger partial charge in [-0.3, -0.25) is 0 Å². The van der Waals surface area contributed by atoms with Crippen LogP contribution in [0.2, 0.25) is 0 Å². The second-order valence-electron chi connectivity index (χ2n) is 4.99. The van der Waals surface area contributed by atoms with E-state index in [-0.39, 0.29) is 0 Å². The average Bonchev–Trinajstić information content (AvgIpc) is 2.58. The van der Waals surface area contributed by atoms with Crippen LogP contribution in [0.3, 0.4) is 0 Å². The fourth-order valence-corrected chi connectivity index (χ4v) is 2.63. The normalized spacial score (nSPS) is 11.2. The van der Waals surface area contributed by atoms with E-state index in [0.717, 1.165) is 27.8 Å². The van der Waals surface area contributed by atoms with E-state index in [1.54, 1.807) is 0 Å². The molecule has 0 aliphatic rings. The minimum atomic E-state index is 0.497. The van der Waals surface area contributed by atoms with Gasteiger partial charge in [0.1, 0.15) is 0 Å². The smallest absolute Gasteiger partial charge is 0.172 e. The van der Waals surface area contributed by atoms with Crippen molar-refractivity contribution in [3.05, 3.63) is 33.8 Å². The van der Waals surface area contributed by atoms with E-state index in [9.17, 15) is 0 Å². The van der Waals surface area contributed by atoms with Gasteiger partial charge in [0.2, 0.25) is 0 Å². The van der Waals surface area contributed by atoms with Gasteiger partial charge in [0, 0.05) is 15.6 Å². The number of aromatic nitrogens is 1. The summed E-state index contributed by atoms with van der Waals surface area (Å²) in [5.74, 6) is 1.79. The van der Waals surface area contributed by atoms with E-state index in [0.29, 0.717) is 11.7 Å². The Hall–Kier alpha value is -1.29. The Labute approximate surface area is 115 Å². The fraction of sp³-hybridized carbons (Fsp3) is 0.357. The first kappa shape index (κ1) is 13.1. The van der Waals surface area contributed by atoms with Crippen LogP contribution in [-0.2, 0) is 6.42 Å². The Morgan fingerprint density at radius 3 is 2.67 bits per heavy atom. The van der Waals surface area contributed by atoms with Crippen molar-refractivity contribution in [2.75, 3.05) is 5.73 Å².